The highest BCUT2D eigenvalue weighted by atomic mass is 32.1. The second-order valence-electron chi connectivity index (χ2n) is 5.98. The molecule has 21 heavy (non-hydrogen) atoms. The highest BCUT2D eigenvalue weighted by Crippen LogP contribution is 2.43. The Balaban J connectivity index is 1.77. The van der Waals surface area contributed by atoms with Crippen LogP contribution in [-0.4, -0.2) is 23.7 Å². The first-order chi connectivity index (χ1) is 10.2. The van der Waals surface area contributed by atoms with Crippen LogP contribution in [0, 0.1) is 6.92 Å². The molecule has 4 heteroatoms. The molecule has 0 radical (unpaired) electrons. The number of thiophene rings is 1. The topological polar surface area (TPSA) is 32.7 Å². The minimum Gasteiger partial charge on any atom is -0.504 e. The third kappa shape index (κ3) is 1.97. The SMILES string of the molecule is COc1cc2c(cc1O)[C@@H]1Cc3scc(C)c3CN1CC2. The van der Waals surface area contributed by atoms with Crippen molar-refractivity contribution in [2.24, 2.45) is 0 Å². The molecule has 0 saturated heterocycles. The summed E-state index contributed by atoms with van der Waals surface area (Å²) in [7, 11) is 1.61. The number of hydrogen-bond donors (Lipinski definition) is 1. The average Bonchev–Trinajstić information content (AvgIpc) is 2.85. The number of aromatic hydroxyl groups is 1. The van der Waals surface area contributed by atoms with Gasteiger partial charge in [-0.05, 0) is 53.1 Å². The quantitative estimate of drug-likeness (QED) is 0.876. The Hall–Kier alpha value is -1.52. The number of fused-ring (bicyclic) bond motifs is 4. The Bertz CT molecular complexity index is 707. The van der Waals surface area contributed by atoms with E-state index in [9.17, 15) is 5.11 Å². The Morgan fingerprint density at radius 3 is 3.05 bits per heavy atom. The largest absolute Gasteiger partial charge is 0.504 e. The molecule has 2 aliphatic rings. The van der Waals surface area contributed by atoms with Gasteiger partial charge in [-0.2, -0.15) is 0 Å². The molecule has 4 rings (SSSR count). The number of phenolic OH excluding ortho intramolecular Hbond substituents is 1. The van der Waals surface area contributed by atoms with Gasteiger partial charge in [-0.15, -0.1) is 11.3 Å². The van der Waals surface area contributed by atoms with Crippen LogP contribution >= 0.6 is 11.3 Å². The van der Waals surface area contributed by atoms with Gasteiger partial charge in [0.05, 0.1) is 7.11 Å². The molecule has 3 heterocycles. The van der Waals surface area contributed by atoms with Crippen LogP contribution in [-0.2, 0) is 19.4 Å². The maximum atomic E-state index is 10.1. The summed E-state index contributed by atoms with van der Waals surface area (Å²) in [6.45, 7) is 4.34. The number of nitrogens with zero attached hydrogens (tertiary/aromatic N) is 1. The average molecular weight is 301 g/mol. The highest BCUT2D eigenvalue weighted by Gasteiger charge is 2.34. The van der Waals surface area contributed by atoms with Gasteiger partial charge < -0.3 is 9.84 Å². The molecular weight excluding hydrogens is 282 g/mol. The summed E-state index contributed by atoms with van der Waals surface area (Å²) in [4.78, 5) is 4.06. The summed E-state index contributed by atoms with van der Waals surface area (Å²) in [5.41, 5.74) is 5.55. The summed E-state index contributed by atoms with van der Waals surface area (Å²) < 4.78 is 5.25. The molecule has 1 aromatic carbocycles. The molecule has 1 N–H and O–H groups in total. The lowest BCUT2D eigenvalue weighted by molar-refractivity contribution is 0.162. The smallest absolute Gasteiger partial charge is 0.160 e. The van der Waals surface area contributed by atoms with Gasteiger partial charge in [0.2, 0.25) is 0 Å². The number of hydrogen-bond acceptors (Lipinski definition) is 4. The van der Waals surface area contributed by atoms with Gasteiger partial charge >= 0.3 is 0 Å². The van der Waals surface area contributed by atoms with E-state index < -0.39 is 0 Å². The van der Waals surface area contributed by atoms with Crippen LogP contribution in [0.3, 0.4) is 0 Å². The van der Waals surface area contributed by atoms with Crippen LogP contribution in [0.1, 0.15) is 33.2 Å². The van der Waals surface area contributed by atoms with E-state index in [1.54, 1.807) is 7.11 Å². The molecule has 0 fully saturated rings. The number of methoxy groups -OCH3 is 1. The number of phenols is 1. The molecule has 2 aromatic rings. The van der Waals surface area contributed by atoms with Crippen LogP contribution in [0.4, 0.5) is 0 Å². The van der Waals surface area contributed by atoms with Crippen molar-refractivity contribution in [2.45, 2.75) is 32.4 Å². The van der Waals surface area contributed by atoms with Crippen molar-refractivity contribution < 1.29 is 9.84 Å². The van der Waals surface area contributed by atoms with Crippen LogP contribution in [0.5, 0.6) is 11.5 Å². The van der Waals surface area contributed by atoms with Crippen molar-refractivity contribution >= 4 is 11.3 Å². The predicted molar refractivity (Wildman–Crippen MR) is 84.3 cm³/mol. The van der Waals surface area contributed by atoms with Gasteiger partial charge in [0, 0.05) is 30.4 Å². The lowest BCUT2D eigenvalue weighted by Crippen LogP contribution is -2.39. The number of rotatable bonds is 1. The maximum Gasteiger partial charge on any atom is 0.160 e. The van der Waals surface area contributed by atoms with Gasteiger partial charge in [-0.25, -0.2) is 0 Å². The van der Waals surface area contributed by atoms with Crippen molar-refractivity contribution in [3.8, 4) is 11.5 Å². The molecule has 110 valence electrons. The number of ether oxygens (including phenoxy) is 1. The molecular formula is C17H19NO2S. The van der Waals surface area contributed by atoms with E-state index in [4.69, 9.17) is 4.74 Å². The van der Waals surface area contributed by atoms with Gasteiger partial charge in [0.25, 0.3) is 0 Å². The molecule has 3 nitrogen and oxygen atoms in total. The third-order valence-electron chi connectivity index (χ3n) is 4.84. The van der Waals surface area contributed by atoms with E-state index in [-0.39, 0.29) is 5.75 Å². The third-order valence-corrected chi connectivity index (χ3v) is 6.01. The highest BCUT2D eigenvalue weighted by molar-refractivity contribution is 7.10. The Morgan fingerprint density at radius 1 is 1.38 bits per heavy atom. The number of aryl methyl sites for hydroxylation is 1. The Morgan fingerprint density at radius 2 is 2.24 bits per heavy atom. The lowest BCUT2D eigenvalue weighted by atomic mass is 9.86. The van der Waals surface area contributed by atoms with Crippen molar-refractivity contribution in [1.29, 1.82) is 0 Å². The van der Waals surface area contributed by atoms with Crippen LogP contribution < -0.4 is 4.74 Å². The first-order valence-corrected chi connectivity index (χ1v) is 8.25. The zero-order valence-corrected chi connectivity index (χ0v) is 13.2. The van der Waals surface area contributed by atoms with Crippen molar-refractivity contribution in [2.75, 3.05) is 13.7 Å². The zero-order chi connectivity index (χ0) is 14.6. The molecule has 1 atom stereocenters. The van der Waals surface area contributed by atoms with E-state index in [2.05, 4.69) is 17.2 Å². The van der Waals surface area contributed by atoms with E-state index in [0.29, 0.717) is 11.8 Å². The maximum absolute atomic E-state index is 10.1. The summed E-state index contributed by atoms with van der Waals surface area (Å²) in [6.07, 6.45) is 2.09. The summed E-state index contributed by atoms with van der Waals surface area (Å²) in [5, 5.41) is 12.4. The van der Waals surface area contributed by atoms with E-state index in [1.807, 2.05) is 23.5 Å². The minimum absolute atomic E-state index is 0.256. The fraction of sp³-hybridized carbons (Fsp3) is 0.412. The van der Waals surface area contributed by atoms with Crippen molar-refractivity contribution in [1.82, 2.24) is 4.90 Å². The van der Waals surface area contributed by atoms with Crippen molar-refractivity contribution in [3.63, 3.8) is 0 Å². The molecule has 0 saturated carbocycles. The van der Waals surface area contributed by atoms with E-state index in [0.717, 1.165) is 25.9 Å². The minimum atomic E-state index is 0.256. The molecule has 1 aromatic heterocycles. The summed E-state index contributed by atoms with van der Waals surface area (Å²) in [5.74, 6) is 0.844. The first-order valence-electron chi connectivity index (χ1n) is 7.37. The lowest BCUT2D eigenvalue weighted by Gasteiger charge is -2.40. The van der Waals surface area contributed by atoms with E-state index in [1.165, 1.54) is 27.1 Å². The molecule has 2 aliphatic heterocycles. The van der Waals surface area contributed by atoms with Gasteiger partial charge in [0.15, 0.2) is 11.5 Å². The van der Waals surface area contributed by atoms with Gasteiger partial charge in [-0.3, -0.25) is 4.90 Å². The zero-order valence-electron chi connectivity index (χ0n) is 12.3. The molecule has 0 aliphatic carbocycles. The van der Waals surface area contributed by atoms with Crippen molar-refractivity contribution in [3.05, 3.63) is 44.6 Å². The second-order valence-corrected chi connectivity index (χ2v) is 6.95. The fourth-order valence-electron chi connectivity index (χ4n) is 3.65. The Kier molecular flexibility index (Phi) is 2.98. The Labute approximate surface area is 128 Å². The summed E-state index contributed by atoms with van der Waals surface area (Å²) >= 11 is 1.88. The number of benzene rings is 1. The first kappa shape index (κ1) is 13.2. The molecule has 0 bridgehead atoms. The molecule has 0 unspecified atom stereocenters. The molecule has 0 spiro atoms. The molecule has 0 amide bonds. The fourth-order valence-corrected chi connectivity index (χ4v) is 4.73. The standard InChI is InChI=1S/C17H19NO2S/c1-10-9-21-17-7-14-12-6-15(19)16(20-2)5-11(12)3-4-18(14)8-13(10)17/h5-6,9,14,19H,3-4,7-8H2,1-2H3/t14-/m0/s1. The van der Waals surface area contributed by atoms with E-state index >= 15 is 0 Å². The summed E-state index contributed by atoms with van der Waals surface area (Å²) in [6, 6.07) is 4.32. The normalized spacial score (nSPS) is 20.6. The van der Waals surface area contributed by atoms with Gasteiger partial charge in [0.1, 0.15) is 0 Å². The second kappa shape index (κ2) is 4.75. The van der Waals surface area contributed by atoms with Crippen LogP contribution in [0.25, 0.3) is 0 Å². The van der Waals surface area contributed by atoms with Crippen LogP contribution in [0.2, 0.25) is 0 Å². The predicted octanol–water partition coefficient (Wildman–Crippen LogP) is 3.43. The van der Waals surface area contributed by atoms with Crippen LogP contribution in [0.15, 0.2) is 17.5 Å². The monoisotopic (exact) mass is 301 g/mol. The van der Waals surface area contributed by atoms with Gasteiger partial charge in [-0.1, -0.05) is 0 Å².